The monoisotopic (exact) mass is 253 g/mol. The molecule has 6 nitrogen and oxygen atoms in total. The van der Waals surface area contributed by atoms with E-state index < -0.39 is 12.0 Å². The molecule has 1 atom stereocenters. The summed E-state index contributed by atoms with van der Waals surface area (Å²) in [4.78, 5) is 26.7. The van der Waals surface area contributed by atoms with Crippen molar-refractivity contribution in [3.8, 4) is 0 Å². The number of amides is 1. The summed E-state index contributed by atoms with van der Waals surface area (Å²) in [6.07, 6.45) is 2.88. The first-order chi connectivity index (χ1) is 8.21. The highest BCUT2D eigenvalue weighted by Gasteiger charge is 2.29. The number of aromatic nitrogens is 2. The van der Waals surface area contributed by atoms with Gasteiger partial charge >= 0.3 is 5.97 Å². The summed E-state index contributed by atoms with van der Waals surface area (Å²) in [5.41, 5.74) is 0.0850. The van der Waals surface area contributed by atoms with Crippen molar-refractivity contribution < 1.29 is 14.7 Å². The van der Waals surface area contributed by atoms with E-state index in [0.29, 0.717) is 5.69 Å². The highest BCUT2D eigenvalue weighted by Crippen LogP contribution is 2.22. The largest absolute Gasteiger partial charge is 0.481 e. The third-order valence-corrected chi connectivity index (χ3v) is 2.78. The molecule has 100 valence electrons. The molecule has 1 unspecified atom stereocenters. The number of imidazole rings is 1. The summed E-state index contributed by atoms with van der Waals surface area (Å²) in [5.74, 6) is -1.24. The number of carboxylic acids is 1. The molecule has 0 saturated carbocycles. The third kappa shape index (κ3) is 3.58. The van der Waals surface area contributed by atoms with Crippen molar-refractivity contribution in [2.24, 2.45) is 12.5 Å². The van der Waals surface area contributed by atoms with E-state index in [9.17, 15) is 9.59 Å². The van der Waals surface area contributed by atoms with Crippen LogP contribution in [0.2, 0.25) is 0 Å². The number of carboxylic acid groups (broad SMARTS) is 1. The van der Waals surface area contributed by atoms with Crippen LogP contribution in [0.3, 0.4) is 0 Å². The molecule has 0 fully saturated rings. The number of nitrogens with zero attached hydrogens (tertiary/aromatic N) is 2. The Hall–Kier alpha value is -1.85. The average molecular weight is 253 g/mol. The minimum atomic E-state index is -0.930. The van der Waals surface area contributed by atoms with E-state index in [-0.39, 0.29) is 17.7 Å². The Kier molecular flexibility index (Phi) is 4.11. The summed E-state index contributed by atoms with van der Waals surface area (Å²) in [6, 6.07) is -0.433. The van der Waals surface area contributed by atoms with Crippen molar-refractivity contribution in [1.29, 1.82) is 0 Å². The van der Waals surface area contributed by atoms with Gasteiger partial charge in [-0.25, -0.2) is 4.98 Å². The number of aryl methyl sites for hydroxylation is 1. The van der Waals surface area contributed by atoms with Crippen LogP contribution in [0, 0.1) is 5.41 Å². The normalized spacial score (nSPS) is 13.1. The Labute approximate surface area is 106 Å². The van der Waals surface area contributed by atoms with Crippen LogP contribution in [0.5, 0.6) is 0 Å². The highest BCUT2D eigenvalue weighted by molar-refractivity contribution is 5.92. The Bertz CT molecular complexity index is 446. The number of carbonyl (C=O) groups excluding carboxylic acids is 1. The molecule has 6 heteroatoms. The molecule has 0 spiro atoms. The van der Waals surface area contributed by atoms with Crippen LogP contribution in [0.1, 0.15) is 37.7 Å². The van der Waals surface area contributed by atoms with E-state index in [1.165, 1.54) is 12.5 Å². The average Bonchev–Trinajstić information content (AvgIpc) is 2.61. The van der Waals surface area contributed by atoms with Crippen molar-refractivity contribution in [2.45, 2.75) is 33.2 Å². The van der Waals surface area contributed by atoms with E-state index in [0.717, 1.165) is 0 Å². The maximum atomic E-state index is 12.0. The molecule has 0 aliphatic carbocycles. The molecule has 0 bridgehead atoms. The molecule has 0 aliphatic rings. The Balaban J connectivity index is 2.82. The van der Waals surface area contributed by atoms with Gasteiger partial charge in [-0.05, 0) is 5.41 Å². The predicted molar refractivity (Wildman–Crippen MR) is 66.2 cm³/mol. The molecular formula is C12H19N3O3. The number of aliphatic carboxylic acids is 1. The number of nitrogens with one attached hydrogen (secondary N) is 1. The van der Waals surface area contributed by atoms with E-state index in [2.05, 4.69) is 10.3 Å². The first-order valence-electron chi connectivity index (χ1n) is 5.71. The Morgan fingerprint density at radius 3 is 2.50 bits per heavy atom. The third-order valence-electron chi connectivity index (χ3n) is 2.78. The molecule has 0 aliphatic heterocycles. The fourth-order valence-corrected chi connectivity index (χ4v) is 1.56. The molecule has 1 amide bonds. The number of carbonyl (C=O) groups is 2. The summed E-state index contributed by atoms with van der Waals surface area (Å²) in [7, 11) is 1.71. The van der Waals surface area contributed by atoms with Crippen molar-refractivity contribution in [3.05, 3.63) is 18.2 Å². The predicted octanol–water partition coefficient (Wildman–Crippen LogP) is 1.04. The van der Waals surface area contributed by atoms with Crippen LogP contribution in [0.15, 0.2) is 12.5 Å². The lowest BCUT2D eigenvalue weighted by Gasteiger charge is -2.30. The van der Waals surface area contributed by atoms with Crippen molar-refractivity contribution >= 4 is 11.9 Å². The van der Waals surface area contributed by atoms with E-state index in [1.54, 1.807) is 11.6 Å². The highest BCUT2D eigenvalue weighted by atomic mass is 16.4. The van der Waals surface area contributed by atoms with Gasteiger partial charge in [0.25, 0.3) is 5.91 Å². The minimum absolute atomic E-state index is 0.104. The smallest absolute Gasteiger partial charge is 0.305 e. The Morgan fingerprint density at radius 2 is 2.11 bits per heavy atom. The van der Waals surface area contributed by atoms with E-state index >= 15 is 0 Å². The van der Waals surface area contributed by atoms with Crippen LogP contribution in [-0.2, 0) is 11.8 Å². The van der Waals surface area contributed by atoms with Gasteiger partial charge in [0.2, 0.25) is 0 Å². The Morgan fingerprint density at radius 1 is 1.50 bits per heavy atom. The molecule has 1 heterocycles. The minimum Gasteiger partial charge on any atom is -0.481 e. The van der Waals surface area contributed by atoms with E-state index in [1.807, 2.05) is 20.8 Å². The lowest BCUT2D eigenvalue weighted by molar-refractivity contribution is -0.138. The van der Waals surface area contributed by atoms with Gasteiger partial charge in [-0.15, -0.1) is 0 Å². The number of hydrogen-bond donors (Lipinski definition) is 2. The fourth-order valence-electron chi connectivity index (χ4n) is 1.56. The molecular weight excluding hydrogens is 234 g/mol. The second kappa shape index (κ2) is 5.20. The summed E-state index contributed by atoms with van der Waals surface area (Å²) < 4.78 is 1.59. The maximum absolute atomic E-state index is 12.0. The fraction of sp³-hybridized carbons (Fsp3) is 0.583. The molecule has 2 N–H and O–H groups in total. The van der Waals surface area contributed by atoms with Gasteiger partial charge in [-0.3, -0.25) is 9.59 Å². The van der Waals surface area contributed by atoms with Crippen LogP contribution in [-0.4, -0.2) is 32.6 Å². The number of rotatable bonds is 4. The van der Waals surface area contributed by atoms with Crippen molar-refractivity contribution in [1.82, 2.24) is 14.9 Å². The van der Waals surface area contributed by atoms with Crippen molar-refractivity contribution in [2.75, 3.05) is 0 Å². The van der Waals surface area contributed by atoms with E-state index in [4.69, 9.17) is 5.11 Å². The first kappa shape index (κ1) is 14.2. The zero-order valence-electron chi connectivity index (χ0n) is 11.1. The lowest BCUT2D eigenvalue weighted by atomic mass is 9.84. The molecule has 0 aromatic carbocycles. The van der Waals surface area contributed by atoms with Gasteiger partial charge < -0.3 is 15.0 Å². The SMILES string of the molecule is Cn1cncc1C(=O)NC(CC(=O)O)C(C)(C)C. The molecule has 1 rings (SSSR count). The van der Waals surface area contributed by atoms with Crippen LogP contribution in [0.25, 0.3) is 0 Å². The summed E-state index contributed by atoms with van der Waals surface area (Å²) in [5, 5.41) is 11.6. The van der Waals surface area contributed by atoms with Gasteiger partial charge in [0.1, 0.15) is 5.69 Å². The van der Waals surface area contributed by atoms with Crippen molar-refractivity contribution in [3.63, 3.8) is 0 Å². The van der Waals surface area contributed by atoms with Gasteiger partial charge in [-0.2, -0.15) is 0 Å². The second-order valence-corrected chi connectivity index (χ2v) is 5.38. The summed E-state index contributed by atoms with van der Waals surface area (Å²) in [6.45, 7) is 5.68. The van der Waals surface area contributed by atoms with Gasteiger partial charge in [0.05, 0.1) is 18.9 Å². The molecule has 1 aromatic rings. The van der Waals surface area contributed by atoms with Gasteiger partial charge in [0.15, 0.2) is 0 Å². The molecule has 0 radical (unpaired) electrons. The van der Waals surface area contributed by atoms with Gasteiger partial charge in [-0.1, -0.05) is 20.8 Å². The first-order valence-corrected chi connectivity index (χ1v) is 5.71. The van der Waals surface area contributed by atoms with Crippen LogP contribution in [0.4, 0.5) is 0 Å². The zero-order chi connectivity index (χ0) is 13.9. The zero-order valence-corrected chi connectivity index (χ0v) is 11.1. The van der Waals surface area contributed by atoms with Gasteiger partial charge in [0, 0.05) is 13.1 Å². The van der Waals surface area contributed by atoms with Crippen LogP contribution < -0.4 is 5.32 Å². The second-order valence-electron chi connectivity index (χ2n) is 5.38. The quantitative estimate of drug-likeness (QED) is 0.839. The lowest BCUT2D eigenvalue weighted by Crippen LogP contribution is -2.45. The molecule has 18 heavy (non-hydrogen) atoms. The number of hydrogen-bond acceptors (Lipinski definition) is 3. The topological polar surface area (TPSA) is 84.2 Å². The molecule has 0 saturated heterocycles. The summed E-state index contributed by atoms with van der Waals surface area (Å²) >= 11 is 0. The molecule has 1 aromatic heterocycles. The van der Waals surface area contributed by atoms with Crippen LogP contribution >= 0.6 is 0 Å². The standard InChI is InChI=1S/C12H19N3O3/c1-12(2,3)9(5-10(16)17)14-11(18)8-6-13-7-15(8)4/h6-7,9H,5H2,1-4H3,(H,14,18)(H,16,17). The maximum Gasteiger partial charge on any atom is 0.305 e.